The Hall–Kier alpha value is -6.92. The van der Waals surface area contributed by atoms with Gasteiger partial charge < -0.3 is 4.57 Å². The second kappa shape index (κ2) is 11.1. The average molecular weight is 572 g/mol. The summed E-state index contributed by atoms with van der Waals surface area (Å²) < 4.78 is 2.18. The minimum Gasteiger partial charge on any atom is -0.309 e. The number of hydrogen-bond donors (Lipinski definition) is 0. The molecule has 0 bridgehead atoms. The highest BCUT2D eigenvalue weighted by molar-refractivity contribution is 6.11. The Morgan fingerprint density at radius 2 is 0.867 bits per heavy atom. The predicted octanol–water partition coefficient (Wildman–Crippen LogP) is 9.27. The third kappa shape index (κ3) is 4.47. The molecule has 0 aliphatic carbocycles. The van der Waals surface area contributed by atoms with E-state index >= 15 is 0 Å². The maximum absolute atomic E-state index is 9.89. The van der Waals surface area contributed by atoms with Crippen LogP contribution in [0.25, 0.3) is 60.9 Å². The molecule has 45 heavy (non-hydrogen) atoms. The molecular weight excluding hydrogens is 550 g/mol. The largest absolute Gasteiger partial charge is 0.309 e. The molecule has 0 unspecified atom stereocenters. The normalized spacial score (nSPS) is 10.6. The lowest BCUT2D eigenvalue weighted by molar-refractivity contribution is 1.18. The van der Waals surface area contributed by atoms with Crippen molar-refractivity contribution < 1.29 is 0 Å². The van der Waals surface area contributed by atoms with Crippen molar-refractivity contribution in [3.63, 3.8) is 0 Å². The standard InChI is InChI=1S/C40H21N5/c41-22-30-8-4-9-31(23-42)39(30)28-15-19-37-36(20-28)35-18-14-29(40-32(24-43)10-5-11-33(40)25-44)21-38(35)45(37)34-16-12-27(13-17-34)26-6-2-1-3-7-26/h1-21H. The molecule has 0 saturated carbocycles. The Bertz CT molecular complexity index is 2390. The maximum Gasteiger partial charge on any atom is 0.0998 e. The van der Waals surface area contributed by atoms with Gasteiger partial charge in [-0.2, -0.15) is 21.0 Å². The van der Waals surface area contributed by atoms with E-state index in [4.69, 9.17) is 0 Å². The van der Waals surface area contributed by atoms with Crippen molar-refractivity contribution in [1.29, 1.82) is 21.0 Å². The quantitative estimate of drug-likeness (QED) is 0.210. The minimum atomic E-state index is 0.433. The summed E-state index contributed by atoms with van der Waals surface area (Å²) in [4.78, 5) is 0. The summed E-state index contributed by atoms with van der Waals surface area (Å²) in [6.07, 6.45) is 0. The van der Waals surface area contributed by atoms with Gasteiger partial charge in [-0.15, -0.1) is 0 Å². The molecule has 7 rings (SSSR count). The number of benzene rings is 6. The van der Waals surface area contributed by atoms with Crippen molar-refractivity contribution in [2.24, 2.45) is 0 Å². The van der Waals surface area contributed by atoms with Crippen LogP contribution < -0.4 is 0 Å². The van der Waals surface area contributed by atoms with E-state index in [2.05, 4.69) is 65.2 Å². The first-order chi connectivity index (χ1) is 22.1. The topological polar surface area (TPSA) is 100 Å². The van der Waals surface area contributed by atoms with Crippen molar-refractivity contribution >= 4 is 21.8 Å². The molecule has 206 valence electrons. The predicted molar refractivity (Wildman–Crippen MR) is 176 cm³/mol. The van der Waals surface area contributed by atoms with Crippen molar-refractivity contribution in [3.8, 4) is 63.3 Å². The smallest absolute Gasteiger partial charge is 0.0998 e. The maximum atomic E-state index is 9.89. The summed E-state index contributed by atoms with van der Waals surface area (Å²) in [5.74, 6) is 0. The van der Waals surface area contributed by atoms with E-state index < -0.39 is 0 Å². The first-order valence-corrected chi connectivity index (χ1v) is 14.3. The van der Waals surface area contributed by atoms with Crippen LogP contribution in [-0.2, 0) is 0 Å². The Morgan fingerprint density at radius 1 is 0.378 bits per heavy atom. The van der Waals surface area contributed by atoms with Gasteiger partial charge in [-0.3, -0.25) is 0 Å². The number of nitrogens with zero attached hydrogens (tertiary/aromatic N) is 5. The molecule has 0 spiro atoms. The van der Waals surface area contributed by atoms with Crippen molar-refractivity contribution in [2.45, 2.75) is 0 Å². The fraction of sp³-hybridized carbons (Fsp3) is 0. The number of aromatic nitrogens is 1. The van der Waals surface area contributed by atoms with E-state index in [0.717, 1.165) is 49.7 Å². The lowest BCUT2D eigenvalue weighted by atomic mass is 9.93. The average Bonchev–Trinajstić information content (AvgIpc) is 3.44. The Kier molecular flexibility index (Phi) is 6.62. The van der Waals surface area contributed by atoms with Crippen LogP contribution >= 0.6 is 0 Å². The van der Waals surface area contributed by atoms with Gasteiger partial charge in [-0.1, -0.05) is 72.8 Å². The summed E-state index contributed by atoms with van der Waals surface area (Å²) in [7, 11) is 0. The highest BCUT2D eigenvalue weighted by Gasteiger charge is 2.19. The lowest BCUT2D eigenvalue weighted by Gasteiger charge is -2.12. The molecule has 0 N–H and O–H groups in total. The van der Waals surface area contributed by atoms with Crippen LogP contribution in [0.2, 0.25) is 0 Å². The van der Waals surface area contributed by atoms with Crippen LogP contribution in [0.5, 0.6) is 0 Å². The molecule has 0 saturated heterocycles. The first kappa shape index (κ1) is 26.9. The van der Waals surface area contributed by atoms with E-state index in [1.54, 1.807) is 36.4 Å². The van der Waals surface area contributed by atoms with Crippen LogP contribution in [0.1, 0.15) is 22.3 Å². The number of fused-ring (bicyclic) bond motifs is 3. The Morgan fingerprint density at radius 3 is 1.42 bits per heavy atom. The van der Waals surface area contributed by atoms with Gasteiger partial charge in [0, 0.05) is 27.6 Å². The first-order valence-electron chi connectivity index (χ1n) is 14.3. The molecule has 5 heteroatoms. The van der Waals surface area contributed by atoms with E-state index in [0.29, 0.717) is 33.4 Å². The van der Waals surface area contributed by atoms with Crippen molar-refractivity contribution in [1.82, 2.24) is 4.57 Å². The summed E-state index contributed by atoms with van der Waals surface area (Å²) in [6, 6.07) is 49.9. The summed E-state index contributed by atoms with van der Waals surface area (Å²) in [5.41, 5.74) is 9.51. The molecule has 6 aromatic carbocycles. The van der Waals surface area contributed by atoms with Gasteiger partial charge in [-0.05, 0) is 76.9 Å². The molecule has 1 aromatic heterocycles. The monoisotopic (exact) mass is 571 g/mol. The molecule has 0 atom stereocenters. The Balaban J connectivity index is 1.52. The fourth-order valence-electron chi connectivity index (χ4n) is 6.14. The zero-order valence-electron chi connectivity index (χ0n) is 23.9. The van der Waals surface area contributed by atoms with Crippen LogP contribution in [0.15, 0.2) is 127 Å². The molecule has 0 aliphatic rings. The third-order valence-electron chi connectivity index (χ3n) is 8.19. The molecule has 0 aliphatic heterocycles. The molecule has 0 amide bonds. The molecule has 1 heterocycles. The van der Waals surface area contributed by atoms with E-state index in [-0.39, 0.29) is 0 Å². The van der Waals surface area contributed by atoms with Crippen LogP contribution in [-0.4, -0.2) is 4.57 Å². The van der Waals surface area contributed by atoms with Crippen molar-refractivity contribution in [2.75, 3.05) is 0 Å². The Labute approximate surface area is 259 Å². The van der Waals surface area contributed by atoms with Gasteiger partial charge in [0.2, 0.25) is 0 Å². The molecular formula is C40H21N5. The molecule has 5 nitrogen and oxygen atoms in total. The van der Waals surface area contributed by atoms with Gasteiger partial charge in [0.05, 0.1) is 57.6 Å². The molecule has 7 aromatic rings. The van der Waals surface area contributed by atoms with Gasteiger partial charge in [0.15, 0.2) is 0 Å². The van der Waals surface area contributed by atoms with E-state index in [1.807, 2.05) is 54.6 Å². The van der Waals surface area contributed by atoms with Crippen LogP contribution in [0.3, 0.4) is 0 Å². The third-order valence-corrected chi connectivity index (χ3v) is 8.19. The summed E-state index contributed by atoms with van der Waals surface area (Å²) in [5, 5.41) is 41.4. The second-order valence-electron chi connectivity index (χ2n) is 10.6. The van der Waals surface area contributed by atoms with Gasteiger partial charge in [0.1, 0.15) is 0 Å². The highest BCUT2D eigenvalue weighted by Crippen LogP contribution is 2.39. The fourth-order valence-corrected chi connectivity index (χ4v) is 6.14. The van der Waals surface area contributed by atoms with Crippen molar-refractivity contribution in [3.05, 3.63) is 150 Å². The van der Waals surface area contributed by atoms with Crippen LogP contribution in [0.4, 0.5) is 0 Å². The lowest BCUT2D eigenvalue weighted by Crippen LogP contribution is -1.95. The summed E-state index contributed by atoms with van der Waals surface area (Å²) >= 11 is 0. The number of rotatable bonds is 4. The molecule has 0 radical (unpaired) electrons. The number of hydrogen-bond acceptors (Lipinski definition) is 4. The van der Waals surface area contributed by atoms with Gasteiger partial charge >= 0.3 is 0 Å². The number of nitriles is 4. The van der Waals surface area contributed by atoms with Gasteiger partial charge in [-0.25, -0.2) is 0 Å². The second-order valence-corrected chi connectivity index (χ2v) is 10.6. The molecule has 0 fully saturated rings. The highest BCUT2D eigenvalue weighted by atomic mass is 15.0. The van der Waals surface area contributed by atoms with Gasteiger partial charge in [0.25, 0.3) is 0 Å². The van der Waals surface area contributed by atoms with E-state index in [1.165, 1.54) is 0 Å². The summed E-state index contributed by atoms with van der Waals surface area (Å²) in [6.45, 7) is 0. The van der Waals surface area contributed by atoms with Crippen LogP contribution in [0, 0.1) is 45.3 Å². The SMILES string of the molecule is N#Cc1cccc(C#N)c1-c1ccc2c(c1)c1ccc(-c3c(C#N)cccc3C#N)cc1n2-c1ccc(-c2ccccc2)cc1. The zero-order chi connectivity index (χ0) is 30.9. The van der Waals surface area contributed by atoms with E-state index in [9.17, 15) is 21.0 Å². The minimum absolute atomic E-state index is 0.433. The zero-order valence-corrected chi connectivity index (χ0v) is 23.9.